The van der Waals surface area contributed by atoms with Crippen LogP contribution in [0.5, 0.6) is 0 Å². The zero-order valence-electron chi connectivity index (χ0n) is 30.4. The zero-order chi connectivity index (χ0) is 37.5. The lowest BCUT2D eigenvalue weighted by atomic mass is 9.97. The van der Waals surface area contributed by atoms with E-state index >= 15 is 0 Å². The van der Waals surface area contributed by atoms with Crippen LogP contribution in [-0.4, -0.2) is 19.5 Å². The number of rotatable bonds is 5. The smallest absolute Gasteiger partial charge is 0.167 e. The number of nitrogens with zero attached hydrogens (tertiary/aromatic N) is 4. The van der Waals surface area contributed by atoms with E-state index in [9.17, 15) is 0 Å². The average molecular weight is 747 g/mol. The molecular weight excluding hydrogens is 717 g/mol. The Balaban J connectivity index is 1.08. The van der Waals surface area contributed by atoms with E-state index in [4.69, 9.17) is 19.4 Å². The number of hydrogen-bond donors (Lipinski definition) is 0. The van der Waals surface area contributed by atoms with Gasteiger partial charge in [-0.3, -0.25) is 0 Å². The van der Waals surface area contributed by atoms with Crippen LogP contribution in [0.3, 0.4) is 0 Å². The molecule has 0 unspecified atom stereocenters. The van der Waals surface area contributed by atoms with Gasteiger partial charge < -0.3 is 8.98 Å². The summed E-state index contributed by atoms with van der Waals surface area (Å²) >= 11 is 1.86. The standard InChI is InChI=1S/C51H30N4OS/c1-4-14-31(15-5-1)49-52-50(32-16-6-2-7-17-32)54-51(53-49)38-23-12-22-37-47-35(21-13-24-44(47)56-48(37)38)33-26-27-42-39(28-33)40-29-41-36-20-10-11-25-45(36)57-46(41)30-43(40)55(42)34-18-8-3-9-19-34/h1-30H. The molecule has 4 heterocycles. The molecule has 0 aliphatic carbocycles. The van der Waals surface area contributed by atoms with Gasteiger partial charge in [0.25, 0.3) is 0 Å². The van der Waals surface area contributed by atoms with E-state index in [2.05, 4.69) is 120 Å². The fourth-order valence-corrected chi connectivity index (χ4v) is 9.58. The second-order valence-corrected chi connectivity index (χ2v) is 15.5. The van der Waals surface area contributed by atoms with Crippen LogP contribution >= 0.6 is 11.3 Å². The van der Waals surface area contributed by atoms with Crippen molar-refractivity contribution in [2.45, 2.75) is 0 Å². The minimum atomic E-state index is 0.566. The molecule has 0 saturated heterocycles. The van der Waals surface area contributed by atoms with Crippen LogP contribution in [0.2, 0.25) is 0 Å². The number of para-hydroxylation sites is 2. The Bertz CT molecular complexity index is 3460. The van der Waals surface area contributed by atoms with E-state index in [0.29, 0.717) is 17.5 Å². The number of hydrogen-bond acceptors (Lipinski definition) is 5. The molecule has 0 spiro atoms. The van der Waals surface area contributed by atoms with E-state index in [1.807, 2.05) is 78.1 Å². The predicted molar refractivity (Wildman–Crippen MR) is 236 cm³/mol. The van der Waals surface area contributed by atoms with Crippen molar-refractivity contribution < 1.29 is 4.42 Å². The summed E-state index contributed by atoms with van der Waals surface area (Å²) in [4.78, 5) is 15.0. The fraction of sp³-hybridized carbons (Fsp3) is 0. The van der Waals surface area contributed by atoms with E-state index in [-0.39, 0.29) is 0 Å². The zero-order valence-corrected chi connectivity index (χ0v) is 31.2. The lowest BCUT2D eigenvalue weighted by molar-refractivity contribution is 0.669. The molecular formula is C51H30N4OS. The normalized spacial score (nSPS) is 11.9. The van der Waals surface area contributed by atoms with Crippen LogP contribution in [0.1, 0.15) is 0 Å². The number of aromatic nitrogens is 4. The predicted octanol–water partition coefficient (Wildman–Crippen LogP) is 13.9. The van der Waals surface area contributed by atoms with Crippen molar-refractivity contribution in [1.29, 1.82) is 0 Å². The van der Waals surface area contributed by atoms with Crippen molar-refractivity contribution in [3.05, 3.63) is 182 Å². The minimum Gasteiger partial charge on any atom is -0.455 e. The van der Waals surface area contributed by atoms with Crippen LogP contribution in [0.25, 0.3) is 115 Å². The van der Waals surface area contributed by atoms with E-state index in [1.165, 1.54) is 42.0 Å². The molecule has 0 bridgehead atoms. The summed E-state index contributed by atoms with van der Waals surface area (Å²) in [6, 6.07) is 63.8. The molecule has 12 rings (SSSR count). The molecule has 0 fully saturated rings. The molecule has 0 radical (unpaired) electrons. The molecule has 5 nitrogen and oxygen atoms in total. The Morgan fingerprint density at radius 1 is 0.404 bits per heavy atom. The summed E-state index contributed by atoms with van der Waals surface area (Å²) in [6.07, 6.45) is 0. The van der Waals surface area contributed by atoms with Gasteiger partial charge in [0.15, 0.2) is 17.5 Å². The number of fused-ring (bicyclic) bond motifs is 9. The molecule has 0 aliphatic heterocycles. The lowest BCUT2D eigenvalue weighted by Gasteiger charge is -2.09. The van der Waals surface area contributed by atoms with Crippen LogP contribution in [0, 0.1) is 0 Å². The molecule has 0 atom stereocenters. The van der Waals surface area contributed by atoms with Crippen LogP contribution in [-0.2, 0) is 0 Å². The third-order valence-corrected chi connectivity index (χ3v) is 12.2. The first kappa shape index (κ1) is 31.9. The Morgan fingerprint density at radius 3 is 1.81 bits per heavy atom. The van der Waals surface area contributed by atoms with E-state index < -0.39 is 0 Å². The maximum Gasteiger partial charge on any atom is 0.167 e. The molecule has 0 saturated carbocycles. The monoisotopic (exact) mass is 746 g/mol. The van der Waals surface area contributed by atoms with Gasteiger partial charge in [0.05, 0.1) is 16.6 Å². The largest absolute Gasteiger partial charge is 0.455 e. The first-order valence-corrected chi connectivity index (χ1v) is 19.8. The molecule has 0 N–H and O–H groups in total. The molecule has 4 aromatic heterocycles. The van der Waals surface area contributed by atoms with Gasteiger partial charge in [-0.1, -0.05) is 127 Å². The van der Waals surface area contributed by atoms with Crippen LogP contribution < -0.4 is 0 Å². The minimum absolute atomic E-state index is 0.566. The van der Waals surface area contributed by atoms with Crippen molar-refractivity contribution in [2.75, 3.05) is 0 Å². The summed E-state index contributed by atoms with van der Waals surface area (Å²) in [5.74, 6) is 1.80. The second kappa shape index (κ2) is 12.6. The maximum absolute atomic E-state index is 6.79. The molecule has 0 amide bonds. The number of benzene rings is 8. The van der Waals surface area contributed by atoms with Gasteiger partial charge in [0, 0.05) is 58.5 Å². The maximum atomic E-state index is 6.79. The van der Waals surface area contributed by atoms with Crippen LogP contribution in [0.15, 0.2) is 186 Å². The van der Waals surface area contributed by atoms with Crippen LogP contribution in [0.4, 0.5) is 0 Å². The molecule has 12 aromatic rings. The Hall–Kier alpha value is -7.41. The lowest BCUT2D eigenvalue weighted by Crippen LogP contribution is -2.00. The number of furan rings is 1. The topological polar surface area (TPSA) is 56.7 Å². The summed E-state index contributed by atoms with van der Waals surface area (Å²) in [5.41, 5.74) is 9.98. The summed E-state index contributed by atoms with van der Waals surface area (Å²) < 4.78 is 11.8. The summed E-state index contributed by atoms with van der Waals surface area (Å²) in [7, 11) is 0. The van der Waals surface area contributed by atoms with E-state index in [0.717, 1.165) is 55.4 Å². The second-order valence-electron chi connectivity index (χ2n) is 14.4. The van der Waals surface area contributed by atoms with Gasteiger partial charge in [-0.25, -0.2) is 15.0 Å². The van der Waals surface area contributed by atoms with Gasteiger partial charge in [-0.05, 0) is 65.7 Å². The third kappa shape index (κ3) is 5.04. The molecule has 57 heavy (non-hydrogen) atoms. The molecule has 6 heteroatoms. The molecule has 266 valence electrons. The SMILES string of the molecule is c1ccc(-c2nc(-c3ccccc3)nc(-c3cccc4c3oc3cccc(-c5ccc6c(c5)c5cc7c(cc5n6-c5ccccc5)sc5ccccc57)c34)n2)cc1. The van der Waals surface area contributed by atoms with Crippen molar-refractivity contribution in [1.82, 2.24) is 19.5 Å². The third-order valence-electron chi connectivity index (χ3n) is 11.1. The highest BCUT2D eigenvalue weighted by Crippen LogP contribution is 2.44. The quantitative estimate of drug-likeness (QED) is 0.176. The van der Waals surface area contributed by atoms with Gasteiger partial charge >= 0.3 is 0 Å². The number of thiophene rings is 1. The van der Waals surface area contributed by atoms with Crippen molar-refractivity contribution in [2.24, 2.45) is 0 Å². The van der Waals surface area contributed by atoms with Crippen molar-refractivity contribution in [3.63, 3.8) is 0 Å². The Morgan fingerprint density at radius 2 is 1.04 bits per heavy atom. The first-order chi connectivity index (χ1) is 28.2. The van der Waals surface area contributed by atoms with Gasteiger partial charge in [-0.15, -0.1) is 11.3 Å². The highest BCUT2D eigenvalue weighted by atomic mass is 32.1. The van der Waals surface area contributed by atoms with Crippen molar-refractivity contribution in [3.8, 4) is 51.0 Å². The van der Waals surface area contributed by atoms with Crippen molar-refractivity contribution >= 4 is 75.3 Å². The summed E-state index contributed by atoms with van der Waals surface area (Å²) in [6.45, 7) is 0. The fourth-order valence-electron chi connectivity index (χ4n) is 8.45. The average Bonchev–Trinajstić information content (AvgIpc) is 3.95. The Kier molecular flexibility index (Phi) is 7.03. The van der Waals surface area contributed by atoms with Gasteiger partial charge in [0.2, 0.25) is 0 Å². The van der Waals surface area contributed by atoms with Gasteiger partial charge in [-0.2, -0.15) is 0 Å². The summed E-state index contributed by atoms with van der Waals surface area (Å²) in [5, 5.41) is 7.11. The highest BCUT2D eigenvalue weighted by molar-refractivity contribution is 7.25. The van der Waals surface area contributed by atoms with Gasteiger partial charge in [0.1, 0.15) is 11.2 Å². The Labute approximate surface area is 330 Å². The molecule has 8 aromatic carbocycles. The highest BCUT2D eigenvalue weighted by Gasteiger charge is 2.21. The molecule has 0 aliphatic rings. The van der Waals surface area contributed by atoms with E-state index in [1.54, 1.807) is 0 Å². The first-order valence-electron chi connectivity index (χ1n) is 19.0.